The fraction of sp³-hybridized carbons (Fsp3) is 1.00. The molecule has 2 saturated heterocycles. The van der Waals surface area contributed by atoms with Crippen molar-refractivity contribution in [2.24, 2.45) is 11.3 Å². The van der Waals surface area contributed by atoms with Gasteiger partial charge in [0.25, 0.3) is 0 Å². The standard InChI is InChI=1S/C15H28N2/c1-13(2)15(6-7-15)12-16-9-10-17-8-4-3-5-14(17)11-16/h13-14H,3-12H2,1-2H3. The van der Waals surface area contributed by atoms with Crippen molar-refractivity contribution in [3.05, 3.63) is 0 Å². The van der Waals surface area contributed by atoms with Gasteiger partial charge in [0.05, 0.1) is 0 Å². The maximum absolute atomic E-state index is 2.78. The molecule has 0 N–H and O–H groups in total. The Kier molecular flexibility index (Phi) is 3.20. The molecule has 0 bridgehead atoms. The van der Waals surface area contributed by atoms with Crippen molar-refractivity contribution in [2.75, 3.05) is 32.7 Å². The smallest absolute Gasteiger partial charge is 0.0223 e. The van der Waals surface area contributed by atoms with Crippen molar-refractivity contribution in [1.29, 1.82) is 0 Å². The Labute approximate surface area is 106 Å². The first-order valence-corrected chi connectivity index (χ1v) is 7.66. The van der Waals surface area contributed by atoms with Crippen LogP contribution in [0.25, 0.3) is 0 Å². The fourth-order valence-electron chi connectivity index (χ4n) is 3.89. The average Bonchev–Trinajstić information content (AvgIpc) is 3.10. The lowest BCUT2D eigenvalue weighted by Crippen LogP contribution is -2.55. The van der Waals surface area contributed by atoms with Gasteiger partial charge in [-0.2, -0.15) is 0 Å². The van der Waals surface area contributed by atoms with Gasteiger partial charge in [0, 0.05) is 32.2 Å². The van der Waals surface area contributed by atoms with Crippen LogP contribution in [0.2, 0.25) is 0 Å². The highest BCUT2D eigenvalue weighted by molar-refractivity contribution is 4.99. The van der Waals surface area contributed by atoms with Gasteiger partial charge >= 0.3 is 0 Å². The highest BCUT2D eigenvalue weighted by atomic mass is 15.3. The zero-order chi connectivity index (χ0) is 11.9. The topological polar surface area (TPSA) is 6.48 Å². The van der Waals surface area contributed by atoms with E-state index in [0.717, 1.165) is 12.0 Å². The molecule has 3 fully saturated rings. The molecule has 2 heteroatoms. The van der Waals surface area contributed by atoms with Crippen molar-refractivity contribution in [3.63, 3.8) is 0 Å². The van der Waals surface area contributed by atoms with Crippen LogP contribution in [0.3, 0.4) is 0 Å². The zero-order valence-corrected chi connectivity index (χ0v) is 11.6. The van der Waals surface area contributed by atoms with Crippen LogP contribution in [-0.2, 0) is 0 Å². The van der Waals surface area contributed by atoms with Gasteiger partial charge in [-0.15, -0.1) is 0 Å². The van der Waals surface area contributed by atoms with Gasteiger partial charge in [-0.1, -0.05) is 20.3 Å². The maximum atomic E-state index is 2.78. The molecule has 0 radical (unpaired) electrons. The molecule has 17 heavy (non-hydrogen) atoms. The van der Waals surface area contributed by atoms with Crippen LogP contribution in [-0.4, -0.2) is 48.6 Å². The van der Waals surface area contributed by atoms with Crippen molar-refractivity contribution in [1.82, 2.24) is 9.80 Å². The number of hydrogen-bond acceptors (Lipinski definition) is 2. The van der Waals surface area contributed by atoms with Crippen LogP contribution in [0.5, 0.6) is 0 Å². The summed E-state index contributed by atoms with van der Waals surface area (Å²) < 4.78 is 0. The largest absolute Gasteiger partial charge is 0.300 e. The van der Waals surface area contributed by atoms with E-state index in [1.54, 1.807) is 0 Å². The predicted octanol–water partition coefficient (Wildman–Crippen LogP) is 2.59. The Hall–Kier alpha value is -0.0800. The first kappa shape index (κ1) is 12.0. The Morgan fingerprint density at radius 3 is 2.65 bits per heavy atom. The minimum atomic E-state index is 0.705. The summed E-state index contributed by atoms with van der Waals surface area (Å²) >= 11 is 0. The molecule has 0 spiro atoms. The summed E-state index contributed by atoms with van der Waals surface area (Å²) in [6.45, 7) is 11.6. The van der Waals surface area contributed by atoms with E-state index in [1.165, 1.54) is 64.8 Å². The first-order chi connectivity index (χ1) is 8.20. The van der Waals surface area contributed by atoms with E-state index >= 15 is 0 Å². The molecule has 1 unspecified atom stereocenters. The van der Waals surface area contributed by atoms with E-state index in [9.17, 15) is 0 Å². The number of hydrogen-bond donors (Lipinski definition) is 0. The molecule has 98 valence electrons. The summed E-state index contributed by atoms with van der Waals surface area (Å²) in [6.07, 6.45) is 7.31. The maximum Gasteiger partial charge on any atom is 0.0223 e. The van der Waals surface area contributed by atoms with E-state index in [0.29, 0.717) is 5.41 Å². The molecule has 1 atom stereocenters. The minimum absolute atomic E-state index is 0.705. The Balaban J connectivity index is 1.55. The molecule has 0 aromatic rings. The van der Waals surface area contributed by atoms with Crippen molar-refractivity contribution < 1.29 is 0 Å². The SMILES string of the molecule is CC(C)C1(CN2CCN3CCCCC3C2)CC1. The van der Waals surface area contributed by atoms with Crippen LogP contribution in [0.15, 0.2) is 0 Å². The molecule has 0 amide bonds. The van der Waals surface area contributed by atoms with Crippen molar-refractivity contribution >= 4 is 0 Å². The molecule has 0 aromatic heterocycles. The minimum Gasteiger partial charge on any atom is -0.300 e. The summed E-state index contributed by atoms with van der Waals surface area (Å²) in [4.78, 5) is 5.52. The monoisotopic (exact) mass is 236 g/mol. The van der Waals surface area contributed by atoms with Crippen LogP contribution < -0.4 is 0 Å². The van der Waals surface area contributed by atoms with E-state index in [4.69, 9.17) is 0 Å². The van der Waals surface area contributed by atoms with Gasteiger partial charge in [-0.3, -0.25) is 9.80 Å². The van der Waals surface area contributed by atoms with Crippen LogP contribution in [0.1, 0.15) is 46.0 Å². The van der Waals surface area contributed by atoms with E-state index < -0.39 is 0 Å². The summed E-state index contributed by atoms with van der Waals surface area (Å²) in [6, 6.07) is 0.889. The van der Waals surface area contributed by atoms with Crippen molar-refractivity contribution in [2.45, 2.75) is 52.0 Å². The second kappa shape index (κ2) is 4.55. The summed E-state index contributed by atoms with van der Waals surface area (Å²) in [5.74, 6) is 0.881. The summed E-state index contributed by atoms with van der Waals surface area (Å²) in [5.41, 5.74) is 0.705. The fourth-order valence-corrected chi connectivity index (χ4v) is 3.89. The number of nitrogens with zero attached hydrogens (tertiary/aromatic N) is 2. The molecule has 1 saturated carbocycles. The van der Waals surface area contributed by atoms with Gasteiger partial charge in [-0.05, 0) is 43.6 Å². The lowest BCUT2D eigenvalue weighted by atomic mass is 9.90. The number of rotatable bonds is 3. The van der Waals surface area contributed by atoms with Crippen LogP contribution >= 0.6 is 0 Å². The van der Waals surface area contributed by atoms with Gasteiger partial charge in [0.15, 0.2) is 0 Å². The Morgan fingerprint density at radius 1 is 1.12 bits per heavy atom. The normalized spacial score (nSPS) is 33.7. The lowest BCUT2D eigenvalue weighted by molar-refractivity contribution is 0.0345. The third-order valence-corrected chi connectivity index (χ3v) is 5.58. The second-order valence-corrected chi connectivity index (χ2v) is 6.94. The highest BCUT2D eigenvalue weighted by Crippen LogP contribution is 2.52. The van der Waals surface area contributed by atoms with Gasteiger partial charge in [-0.25, -0.2) is 0 Å². The Morgan fingerprint density at radius 2 is 1.94 bits per heavy atom. The number of piperidine rings is 1. The second-order valence-electron chi connectivity index (χ2n) is 6.94. The van der Waals surface area contributed by atoms with Crippen LogP contribution in [0.4, 0.5) is 0 Å². The summed E-state index contributed by atoms with van der Waals surface area (Å²) in [7, 11) is 0. The molecule has 2 aliphatic heterocycles. The molecule has 3 aliphatic rings. The first-order valence-electron chi connectivity index (χ1n) is 7.66. The molecule has 3 rings (SSSR count). The molecular weight excluding hydrogens is 208 g/mol. The average molecular weight is 236 g/mol. The third kappa shape index (κ3) is 2.39. The number of fused-ring (bicyclic) bond motifs is 1. The molecule has 0 aromatic carbocycles. The highest BCUT2D eigenvalue weighted by Gasteiger charge is 2.47. The van der Waals surface area contributed by atoms with Gasteiger partial charge < -0.3 is 0 Å². The van der Waals surface area contributed by atoms with Crippen LogP contribution in [0, 0.1) is 11.3 Å². The van der Waals surface area contributed by atoms with E-state index in [2.05, 4.69) is 23.6 Å². The molecular formula is C15H28N2. The quantitative estimate of drug-likeness (QED) is 0.743. The summed E-state index contributed by atoms with van der Waals surface area (Å²) in [5, 5.41) is 0. The van der Waals surface area contributed by atoms with Gasteiger partial charge in [0.2, 0.25) is 0 Å². The lowest BCUT2D eigenvalue weighted by Gasteiger charge is -2.45. The number of piperazine rings is 1. The molecule has 2 heterocycles. The van der Waals surface area contributed by atoms with E-state index in [1.807, 2.05) is 0 Å². The predicted molar refractivity (Wildman–Crippen MR) is 72.2 cm³/mol. The zero-order valence-electron chi connectivity index (χ0n) is 11.6. The Bertz CT molecular complexity index is 270. The van der Waals surface area contributed by atoms with E-state index in [-0.39, 0.29) is 0 Å². The van der Waals surface area contributed by atoms with Gasteiger partial charge in [0.1, 0.15) is 0 Å². The van der Waals surface area contributed by atoms with Crippen molar-refractivity contribution in [3.8, 4) is 0 Å². The molecule has 1 aliphatic carbocycles. The molecule has 2 nitrogen and oxygen atoms in total. The third-order valence-electron chi connectivity index (χ3n) is 5.58.